The Bertz CT molecular complexity index is 1260. The lowest BCUT2D eigenvalue weighted by atomic mass is 9.96. The van der Waals surface area contributed by atoms with Crippen molar-refractivity contribution < 1.29 is 9.66 Å². The maximum Gasteiger partial charge on any atom is 0.271 e. The molecule has 1 fully saturated rings. The number of hydrogen-bond donors (Lipinski definition) is 1. The average Bonchev–Trinajstić information content (AvgIpc) is 3.33. The predicted octanol–water partition coefficient (Wildman–Crippen LogP) is 4.33. The first-order valence-electron chi connectivity index (χ1n) is 11.9. The molecule has 2 atom stereocenters. The van der Waals surface area contributed by atoms with Crippen molar-refractivity contribution >= 4 is 23.0 Å². The van der Waals surface area contributed by atoms with Gasteiger partial charge in [0, 0.05) is 36.3 Å². The second-order valence-corrected chi connectivity index (χ2v) is 9.64. The molecule has 10 heteroatoms. The van der Waals surface area contributed by atoms with Gasteiger partial charge in [-0.2, -0.15) is 0 Å². The number of nitro benzene ring substituents is 1. The molecule has 0 amide bonds. The highest BCUT2D eigenvalue weighted by Gasteiger charge is 2.41. The molecular formula is C26H32N6O3S. The number of nitrogens with zero attached hydrogens (tertiary/aromatic N) is 5. The highest BCUT2D eigenvalue weighted by molar-refractivity contribution is 7.80. The first kappa shape index (κ1) is 25.6. The number of pyridine rings is 1. The normalized spacial score (nSPS) is 17.5. The summed E-state index contributed by atoms with van der Waals surface area (Å²) in [6.45, 7) is 5.78. The van der Waals surface area contributed by atoms with Gasteiger partial charge >= 0.3 is 0 Å². The fraction of sp³-hybridized carbons (Fsp3) is 0.385. The lowest BCUT2D eigenvalue weighted by Gasteiger charge is -2.28. The van der Waals surface area contributed by atoms with E-state index in [0.717, 1.165) is 42.2 Å². The molecule has 2 aromatic heterocycles. The van der Waals surface area contributed by atoms with Crippen molar-refractivity contribution in [3.63, 3.8) is 0 Å². The molecule has 1 aliphatic rings. The van der Waals surface area contributed by atoms with Gasteiger partial charge in [0.25, 0.3) is 5.69 Å². The summed E-state index contributed by atoms with van der Waals surface area (Å²) in [5, 5.41) is 15.7. The number of nitro groups is 1. The molecule has 1 N–H and O–H groups in total. The van der Waals surface area contributed by atoms with Gasteiger partial charge in [0.15, 0.2) is 5.11 Å². The summed E-state index contributed by atoms with van der Waals surface area (Å²) >= 11 is 5.81. The van der Waals surface area contributed by atoms with Crippen LogP contribution in [0.1, 0.15) is 41.1 Å². The van der Waals surface area contributed by atoms with E-state index in [-0.39, 0.29) is 22.7 Å². The summed E-state index contributed by atoms with van der Waals surface area (Å²) in [5.41, 5.74) is 4.58. The van der Waals surface area contributed by atoms with Crippen LogP contribution in [0.2, 0.25) is 0 Å². The van der Waals surface area contributed by atoms with E-state index in [4.69, 9.17) is 17.0 Å². The number of hydrogen-bond acceptors (Lipinski definition) is 6. The second kappa shape index (κ2) is 10.6. The topological polar surface area (TPSA) is 88.7 Å². The predicted molar refractivity (Wildman–Crippen MR) is 144 cm³/mol. The van der Waals surface area contributed by atoms with Crippen LogP contribution in [0.3, 0.4) is 0 Å². The Morgan fingerprint density at radius 3 is 2.64 bits per heavy atom. The zero-order valence-corrected chi connectivity index (χ0v) is 22.1. The number of nitrogens with one attached hydrogen (secondary N) is 1. The Morgan fingerprint density at radius 2 is 2.00 bits per heavy atom. The molecule has 190 valence electrons. The molecule has 1 aromatic carbocycles. The first-order chi connectivity index (χ1) is 17.2. The summed E-state index contributed by atoms with van der Waals surface area (Å²) < 4.78 is 7.61. The lowest BCUT2D eigenvalue weighted by molar-refractivity contribution is -0.384. The van der Waals surface area contributed by atoms with Crippen LogP contribution >= 0.6 is 12.2 Å². The van der Waals surface area contributed by atoms with Gasteiger partial charge in [-0.15, -0.1) is 0 Å². The van der Waals surface area contributed by atoms with Crippen LogP contribution in [0.5, 0.6) is 5.75 Å². The van der Waals surface area contributed by atoms with E-state index in [0.29, 0.717) is 16.5 Å². The van der Waals surface area contributed by atoms with Gasteiger partial charge in [-0.05, 0) is 83.0 Å². The summed E-state index contributed by atoms with van der Waals surface area (Å²) in [4.78, 5) is 20.2. The number of non-ortho nitro benzene ring substituents is 1. The number of rotatable bonds is 9. The molecule has 0 bridgehead atoms. The van der Waals surface area contributed by atoms with E-state index < -0.39 is 0 Å². The zero-order valence-electron chi connectivity index (χ0n) is 21.3. The van der Waals surface area contributed by atoms with Crippen LogP contribution < -0.4 is 10.1 Å². The zero-order chi connectivity index (χ0) is 26.0. The molecule has 36 heavy (non-hydrogen) atoms. The molecule has 1 aliphatic heterocycles. The van der Waals surface area contributed by atoms with Gasteiger partial charge in [0.05, 0.1) is 35.5 Å². The minimum Gasteiger partial charge on any atom is -0.495 e. The summed E-state index contributed by atoms with van der Waals surface area (Å²) in [5.74, 6) is 0.568. The molecule has 0 aliphatic carbocycles. The largest absolute Gasteiger partial charge is 0.495 e. The Balaban J connectivity index is 1.83. The molecule has 3 heterocycles. The smallest absolute Gasteiger partial charge is 0.271 e. The molecule has 0 unspecified atom stereocenters. The Labute approximate surface area is 216 Å². The van der Waals surface area contributed by atoms with E-state index in [9.17, 15) is 10.1 Å². The summed E-state index contributed by atoms with van der Waals surface area (Å²) in [6.07, 6.45) is 2.75. The number of thiocarbonyl (C=S) groups is 1. The van der Waals surface area contributed by atoms with Gasteiger partial charge in [0.2, 0.25) is 0 Å². The number of aromatic nitrogens is 2. The van der Waals surface area contributed by atoms with E-state index in [2.05, 4.69) is 40.3 Å². The number of methoxy groups -OCH3 is 1. The molecule has 9 nitrogen and oxygen atoms in total. The van der Waals surface area contributed by atoms with Crippen LogP contribution in [0.25, 0.3) is 5.69 Å². The van der Waals surface area contributed by atoms with Crippen molar-refractivity contribution in [3.8, 4) is 11.4 Å². The van der Waals surface area contributed by atoms with Crippen molar-refractivity contribution in [3.05, 3.63) is 81.4 Å². The van der Waals surface area contributed by atoms with E-state index >= 15 is 0 Å². The maximum atomic E-state index is 11.5. The van der Waals surface area contributed by atoms with E-state index in [1.807, 2.05) is 36.6 Å². The monoisotopic (exact) mass is 508 g/mol. The van der Waals surface area contributed by atoms with Crippen LogP contribution in [-0.2, 0) is 0 Å². The Kier molecular flexibility index (Phi) is 7.56. The van der Waals surface area contributed by atoms with Gasteiger partial charge in [-0.1, -0.05) is 6.07 Å². The lowest BCUT2D eigenvalue weighted by Crippen LogP contribution is -2.32. The third kappa shape index (κ3) is 4.91. The van der Waals surface area contributed by atoms with Crippen LogP contribution in [0.15, 0.2) is 48.7 Å². The van der Waals surface area contributed by atoms with Gasteiger partial charge in [0.1, 0.15) is 5.75 Å². The molecule has 0 saturated carbocycles. The highest BCUT2D eigenvalue weighted by atomic mass is 32.1. The van der Waals surface area contributed by atoms with Crippen molar-refractivity contribution in [2.45, 2.75) is 32.4 Å². The van der Waals surface area contributed by atoms with Crippen LogP contribution in [-0.4, -0.2) is 63.7 Å². The van der Waals surface area contributed by atoms with Crippen LogP contribution in [0, 0.1) is 24.0 Å². The van der Waals surface area contributed by atoms with Crippen molar-refractivity contribution in [1.82, 2.24) is 24.7 Å². The number of aryl methyl sites for hydroxylation is 1. The highest BCUT2D eigenvalue weighted by Crippen LogP contribution is 2.42. The summed E-state index contributed by atoms with van der Waals surface area (Å²) in [7, 11) is 5.70. The van der Waals surface area contributed by atoms with Gasteiger partial charge in [-0.25, -0.2) is 0 Å². The quantitative estimate of drug-likeness (QED) is 0.260. The van der Waals surface area contributed by atoms with Gasteiger partial charge < -0.3 is 24.4 Å². The van der Waals surface area contributed by atoms with E-state index in [1.54, 1.807) is 25.4 Å². The van der Waals surface area contributed by atoms with Gasteiger partial charge in [-0.3, -0.25) is 15.1 Å². The van der Waals surface area contributed by atoms with Crippen molar-refractivity contribution in [2.75, 3.05) is 34.3 Å². The third-order valence-corrected chi connectivity index (χ3v) is 6.96. The fourth-order valence-corrected chi connectivity index (χ4v) is 5.30. The maximum absolute atomic E-state index is 11.5. The number of benzene rings is 1. The molecule has 4 rings (SSSR count). The standard InChI is InChI=1S/C26H32N6O3S/c1-17-15-20(18(2)31(17)22-16-19(32(33)34)10-11-23(22)35-5)25-24(21-9-6-7-12-27-21)28-26(36)30(25)14-8-13-29(3)4/h6-7,9-12,15-16,24-25H,8,13-14H2,1-5H3,(H,28,36)/t24-,25-/m0/s1. The summed E-state index contributed by atoms with van der Waals surface area (Å²) in [6, 6.07) is 12.5. The average molecular weight is 509 g/mol. The molecule has 0 radical (unpaired) electrons. The molecule has 0 spiro atoms. The SMILES string of the molecule is COc1ccc([N+](=O)[O-])cc1-n1c(C)cc([C@H]2[C@H](c3ccccn3)NC(=S)N2CCCN(C)C)c1C. The fourth-order valence-electron chi connectivity index (χ4n) is 4.97. The molecular weight excluding hydrogens is 476 g/mol. The number of ether oxygens (including phenoxy) is 1. The second-order valence-electron chi connectivity index (χ2n) is 9.25. The Hall–Kier alpha value is -3.50. The first-order valence-corrected chi connectivity index (χ1v) is 12.3. The third-order valence-electron chi connectivity index (χ3n) is 6.61. The molecule has 1 saturated heterocycles. The minimum absolute atomic E-state index is 0.0141. The molecule has 3 aromatic rings. The van der Waals surface area contributed by atoms with Crippen molar-refractivity contribution in [2.24, 2.45) is 0 Å². The van der Waals surface area contributed by atoms with E-state index in [1.165, 1.54) is 6.07 Å². The van der Waals surface area contributed by atoms with Crippen molar-refractivity contribution in [1.29, 1.82) is 0 Å². The Morgan fingerprint density at radius 1 is 1.22 bits per heavy atom. The van der Waals surface area contributed by atoms with Crippen LogP contribution in [0.4, 0.5) is 5.69 Å². The minimum atomic E-state index is -0.388.